The number of carbonyl (C=O) groups is 1. The summed E-state index contributed by atoms with van der Waals surface area (Å²) < 4.78 is 45.6. The van der Waals surface area contributed by atoms with Gasteiger partial charge in [-0.25, -0.2) is 9.67 Å². The highest BCUT2D eigenvalue weighted by Crippen LogP contribution is 2.34. The van der Waals surface area contributed by atoms with E-state index in [0.717, 1.165) is 12.1 Å². The van der Waals surface area contributed by atoms with Crippen molar-refractivity contribution in [3.63, 3.8) is 0 Å². The van der Waals surface area contributed by atoms with Gasteiger partial charge in [-0.15, -0.1) is 5.10 Å². The number of anilines is 1. The van der Waals surface area contributed by atoms with Crippen molar-refractivity contribution in [2.24, 2.45) is 11.7 Å². The summed E-state index contributed by atoms with van der Waals surface area (Å²) in [7, 11) is 1.50. The van der Waals surface area contributed by atoms with Crippen LogP contribution in [0.25, 0.3) is 16.7 Å². The number of primary amides is 1. The molecule has 1 amide bonds. The van der Waals surface area contributed by atoms with E-state index in [4.69, 9.17) is 10.5 Å². The standard InChI is InChI=1S/C21H20F3N5O2/c1-12(19(25)30)13-9-10-28(11-13)20-18-16(7-8-17(26-18)31-2)29(27-20)15-5-3-14(4-6-15)21(22,23)24/h3-8,13H,1,9-11H2,2H3,(H2,25,30). The second kappa shape index (κ2) is 7.60. The van der Waals surface area contributed by atoms with Crippen molar-refractivity contribution in [1.29, 1.82) is 0 Å². The molecule has 1 aromatic carbocycles. The van der Waals surface area contributed by atoms with Crippen molar-refractivity contribution in [2.75, 3.05) is 25.1 Å². The third-order valence-corrected chi connectivity index (χ3v) is 5.43. The lowest BCUT2D eigenvalue weighted by molar-refractivity contribution is -0.137. The highest BCUT2D eigenvalue weighted by atomic mass is 19.4. The minimum atomic E-state index is -4.42. The molecule has 1 saturated heterocycles. The molecule has 0 saturated carbocycles. The molecule has 4 rings (SSSR count). The van der Waals surface area contributed by atoms with Crippen molar-refractivity contribution in [3.05, 3.63) is 54.1 Å². The first-order chi connectivity index (χ1) is 14.7. The van der Waals surface area contributed by atoms with Gasteiger partial charge in [0, 0.05) is 30.6 Å². The Kier molecular flexibility index (Phi) is 5.08. The number of amides is 1. The summed E-state index contributed by atoms with van der Waals surface area (Å²) in [5.41, 5.74) is 6.62. The Bertz CT molecular complexity index is 1150. The molecule has 3 aromatic rings. The first-order valence-corrected chi connectivity index (χ1v) is 9.54. The van der Waals surface area contributed by atoms with Crippen LogP contribution in [0.15, 0.2) is 48.6 Å². The molecule has 2 aromatic heterocycles. The van der Waals surface area contributed by atoms with Crippen LogP contribution in [0.4, 0.5) is 19.0 Å². The number of hydrogen-bond acceptors (Lipinski definition) is 5. The molecule has 2 N–H and O–H groups in total. The Balaban J connectivity index is 1.76. The minimum Gasteiger partial charge on any atom is -0.481 e. The van der Waals surface area contributed by atoms with E-state index < -0.39 is 17.6 Å². The number of halogens is 3. The highest BCUT2D eigenvalue weighted by molar-refractivity contribution is 5.92. The zero-order chi connectivity index (χ0) is 22.3. The van der Waals surface area contributed by atoms with Gasteiger partial charge in [0.05, 0.1) is 23.9 Å². The summed E-state index contributed by atoms with van der Waals surface area (Å²) in [6, 6.07) is 8.18. The van der Waals surface area contributed by atoms with Crippen molar-refractivity contribution < 1.29 is 22.7 Å². The molecule has 10 heteroatoms. The van der Waals surface area contributed by atoms with Crippen LogP contribution in [0.3, 0.4) is 0 Å². The Hall–Kier alpha value is -3.56. The van der Waals surface area contributed by atoms with E-state index in [0.29, 0.717) is 53.5 Å². The summed E-state index contributed by atoms with van der Waals surface area (Å²) >= 11 is 0. The number of aromatic nitrogens is 3. The van der Waals surface area contributed by atoms with E-state index in [2.05, 4.69) is 16.7 Å². The van der Waals surface area contributed by atoms with E-state index in [1.54, 1.807) is 16.8 Å². The van der Waals surface area contributed by atoms with Gasteiger partial charge in [-0.05, 0) is 36.8 Å². The lowest BCUT2D eigenvalue weighted by Gasteiger charge is -2.16. The summed E-state index contributed by atoms with van der Waals surface area (Å²) in [5.74, 6) is 0.299. The number of hydrogen-bond donors (Lipinski definition) is 1. The molecule has 1 unspecified atom stereocenters. The van der Waals surface area contributed by atoms with Gasteiger partial charge in [-0.1, -0.05) is 6.58 Å². The van der Waals surface area contributed by atoms with E-state index in [1.165, 1.54) is 19.2 Å². The first-order valence-electron chi connectivity index (χ1n) is 9.54. The van der Waals surface area contributed by atoms with Gasteiger partial charge in [0.2, 0.25) is 11.8 Å². The van der Waals surface area contributed by atoms with Crippen molar-refractivity contribution in [3.8, 4) is 11.6 Å². The zero-order valence-corrected chi connectivity index (χ0v) is 16.7. The smallest absolute Gasteiger partial charge is 0.416 e. The maximum absolute atomic E-state index is 12.9. The lowest BCUT2D eigenvalue weighted by atomic mass is 9.99. The molecule has 162 valence electrons. The molecule has 0 bridgehead atoms. The van der Waals surface area contributed by atoms with Crippen molar-refractivity contribution in [2.45, 2.75) is 12.6 Å². The number of rotatable bonds is 5. The fraction of sp³-hybridized carbons (Fsp3) is 0.286. The average Bonchev–Trinajstić information content (AvgIpc) is 3.37. The molecule has 7 nitrogen and oxygen atoms in total. The number of ether oxygens (including phenoxy) is 1. The Morgan fingerprint density at radius 2 is 1.94 bits per heavy atom. The topological polar surface area (TPSA) is 86.3 Å². The molecular formula is C21H20F3N5O2. The van der Waals surface area contributed by atoms with Crippen LogP contribution >= 0.6 is 0 Å². The maximum atomic E-state index is 12.9. The average molecular weight is 431 g/mol. The van der Waals surface area contributed by atoms with Gasteiger partial charge in [0.15, 0.2) is 5.82 Å². The Labute approximate surface area is 175 Å². The number of carbonyl (C=O) groups excluding carboxylic acids is 1. The minimum absolute atomic E-state index is 0.102. The van der Waals surface area contributed by atoms with Crippen LogP contribution in [-0.2, 0) is 11.0 Å². The van der Waals surface area contributed by atoms with Crippen LogP contribution in [0, 0.1) is 5.92 Å². The van der Waals surface area contributed by atoms with Gasteiger partial charge in [-0.2, -0.15) is 13.2 Å². The highest BCUT2D eigenvalue weighted by Gasteiger charge is 2.32. The summed E-state index contributed by atoms with van der Waals surface area (Å²) in [6.07, 6.45) is -3.74. The SMILES string of the molecule is C=C(C(N)=O)C1CCN(c2nn(-c3ccc(C(F)(F)F)cc3)c3ccc(OC)nc23)C1. The Morgan fingerprint density at radius 3 is 2.55 bits per heavy atom. The normalized spacial score (nSPS) is 16.6. The summed E-state index contributed by atoms with van der Waals surface area (Å²) in [6.45, 7) is 4.87. The van der Waals surface area contributed by atoms with Crippen molar-refractivity contribution >= 4 is 22.8 Å². The van der Waals surface area contributed by atoms with E-state index in [1.807, 2.05) is 4.90 Å². The molecule has 1 aliphatic heterocycles. The molecule has 1 aliphatic rings. The van der Waals surface area contributed by atoms with E-state index in [-0.39, 0.29) is 5.92 Å². The third kappa shape index (κ3) is 3.80. The number of fused-ring (bicyclic) bond motifs is 1. The third-order valence-electron chi connectivity index (χ3n) is 5.43. The molecule has 0 spiro atoms. The molecule has 0 radical (unpaired) electrons. The second-order valence-electron chi connectivity index (χ2n) is 7.32. The predicted molar refractivity (Wildman–Crippen MR) is 109 cm³/mol. The number of alkyl halides is 3. The molecule has 1 atom stereocenters. The second-order valence-corrected chi connectivity index (χ2v) is 7.32. The van der Waals surface area contributed by atoms with Crippen LogP contribution in [0.2, 0.25) is 0 Å². The monoisotopic (exact) mass is 431 g/mol. The summed E-state index contributed by atoms with van der Waals surface area (Å²) in [4.78, 5) is 18.0. The molecule has 31 heavy (non-hydrogen) atoms. The van der Waals surface area contributed by atoms with E-state index >= 15 is 0 Å². The number of nitrogens with zero attached hydrogens (tertiary/aromatic N) is 4. The van der Waals surface area contributed by atoms with Crippen LogP contribution in [-0.4, -0.2) is 40.9 Å². The number of methoxy groups -OCH3 is 1. The number of benzene rings is 1. The zero-order valence-electron chi connectivity index (χ0n) is 16.7. The fourth-order valence-corrected chi connectivity index (χ4v) is 3.72. The first kappa shape index (κ1) is 20.7. The van der Waals surface area contributed by atoms with E-state index in [9.17, 15) is 18.0 Å². The molecule has 0 aliphatic carbocycles. The Morgan fingerprint density at radius 1 is 1.23 bits per heavy atom. The number of nitrogens with two attached hydrogens (primary N) is 1. The van der Waals surface area contributed by atoms with Crippen LogP contribution in [0.1, 0.15) is 12.0 Å². The lowest BCUT2D eigenvalue weighted by Crippen LogP contribution is -2.24. The van der Waals surface area contributed by atoms with Crippen molar-refractivity contribution in [1.82, 2.24) is 14.8 Å². The fourth-order valence-electron chi connectivity index (χ4n) is 3.72. The van der Waals surface area contributed by atoms with Gasteiger partial charge in [-0.3, -0.25) is 4.79 Å². The van der Waals surface area contributed by atoms with Gasteiger partial charge in [0.1, 0.15) is 5.52 Å². The van der Waals surface area contributed by atoms with Gasteiger partial charge < -0.3 is 15.4 Å². The van der Waals surface area contributed by atoms with Gasteiger partial charge in [0.25, 0.3) is 0 Å². The quantitative estimate of drug-likeness (QED) is 0.627. The largest absolute Gasteiger partial charge is 0.481 e. The predicted octanol–water partition coefficient (Wildman–Crippen LogP) is 3.32. The molecule has 3 heterocycles. The molecular weight excluding hydrogens is 411 g/mol. The number of pyridine rings is 1. The molecule has 1 fully saturated rings. The van der Waals surface area contributed by atoms with Crippen LogP contribution < -0.4 is 15.4 Å². The maximum Gasteiger partial charge on any atom is 0.416 e. The van der Waals surface area contributed by atoms with Crippen LogP contribution in [0.5, 0.6) is 5.88 Å². The van der Waals surface area contributed by atoms with Gasteiger partial charge >= 0.3 is 6.18 Å². The summed E-state index contributed by atoms with van der Waals surface area (Å²) in [5, 5.41) is 4.64.